The second kappa shape index (κ2) is 8.72. The maximum atomic E-state index is 10.7. The zero-order valence-corrected chi connectivity index (χ0v) is 18.6. The van der Waals surface area contributed by atoms with Crippen molar-refractivity contribution in [2.24, 2.45) is 0 Å². The van der Waals surface area contributed by atoms with E-state index in [9.17, 15) is 20.4 Å². The zero-order valence-electron chi connectivity index (χ0n) is 17.1. The van der Waals surface area contributed by atoms with Crippen molar-refractivity contribution in [3.05, 3.63) is 81.7 Å². The van der Waals surface area contributed by atoms with Crippen LogP contribution in [0.15, 0.2) is 60.7 Å². The highest BCUT2D eigenvalue weighted by Gasteiger charge is 2.44. The van der Waals surface area contributed by atoms with Crippen LogP contribution in [0, 0.1) is 0 Å². The molecular formula is C25H23ClO5S. The van der Waals surface area contributed by atoms with Gasteiger partial charge in [-0.25, -0.2) is 0 Å². The molecule has 2 heterocycles. The first kappa shape index (κ1) is 21.8. The zero-order chi connectivity index (χ0) is 22.4. The lowest BCUT2D eigenvalue weighted by atomic mass is 9.87. The summed E-state index contributed by atoms with van der Waals surface area (Å²) in [4.78, 5) is 1.18. The van der Waals surface area contributed by atoms with Gasteiger partial charge in [0.25, 0.3) is 0 Å². The fraction of sp³-hybridized carbons (Fsp3) is 0.280. The normalized spacial score (nSPS) is 26.1. The molecule has 5 nitrogen and oxygen atoms in total. The van der Waals surface area contributed by atoms with Gasteiger partial charge in [-0.15, -0.1) is 11.3 Å². The third-order valence-corrected chi connectivity index (χ3v) is 7.41. The molecule has 1 aliphatic rings. The lowest BCUT2D eigenvalue weighted by Gasteiger charge is -2.40. The Hall–Kier alpha value is -2.03. The molecule has 4 N–H and O–H groups in total. The maximum Gasteiger partial charge on any atom is 0.113 e. The molecule has 1 saturated heterocycles. The van der Waals surface area contributed by atoms with Gasteiger partial charge >= 0.3 is 0 Å². The van der Waals surface area contributed by atoms with Gasteiger partial charge in [0, 0.05) is 21.0 Å². The van der Waals surface area contributed by atoms with Gasteiger partial charge in [0.15, 0.2) is 0 Å². The highest BCUT2D eigenvalue weighted by Crippen LogP contribution is 2.38. The Morgan fingerprint density at radius 1 is 0.875 bits per heavy atom. The number of hydrogen-bond acceptors (Lipinski definition) is 6. The Morgan fingerprint density at radius 2 is 1.69 bits per heavy atom. The van der Waals surface area contributed by atoms with E-state index in [0.717, 1.165) is 27.3 Å². The molecule has 1 aliphatic heterocycles. The van der Waals surface area contributed by atoms with Gasteiger partial charge in [-0.1, -0.05) is 48.0 Å². The van der Waals surface area contributed by atoms with Crippen LogP contribution in [0.25, 0.3) is 20.9 Å². The summed E-state index contributed by atoms with van der Waals surface area (Å²) in [5.41, 5.74) is 1.76. The summed E-state index contributed by atoms with van der Waals surface area (Å²) in [6.45, 7) is -0.455. The molecule has 0 saturated carbocycles. The first-order chi connectivity index (χ1) is 15.4. The van der Waals surface area contributed by atoms with Crippen LogP contribution in [-0.4, -0.2) is 51.4 Å². The van der Waals surface area contributed by atoms with Gasteiger partial charge in [0.05, 0.1) is 6.61 Å². The molecule has 0 unspecified atom stereocenters. The number of fused-ring (bicyclic) bond motifs is 2. The molecule has 32 heavy (non-hydrogen) atoms. The Labute approximate surface area is 194 Å². The van der Waals surface area contributed by atoms with Gasteiger partial charge in [0.1, 0.15) is 30.5 Å². The van der Waals surface area contributed by atoms with E-state index in [0.29, 0.717) is 11.4 Å². The lowest BCUT2D eigenvalue weighted by Crippen LogP contribution is -2.55. The molecule has 1 fully saturated rings. The Bertz CT molecular complexity index is 1270. The Balaban J connectivity index is 1.56. The number of thiophene rings is 1. The smallest absolute Gasteiger partial charge is 0.113 e. The highest BCUT2D eigenvalue weighted by atomic mass is 35.5. The van der Waals surface area contributed by atoms with Crippen molar-refractivity contribution < 1.29 is 25.2 Å². The summed E-state index contributed by atoms with van der Waals surface area (Å²) in [6, 6.07) is 19.9. The topological polar surface area (TPSA) is 90.2 Å². The van der Waals surface area contributed by atoms with E-state index < -0.39 is 37.1 Å². The molecule has 0 radical (unpaired) electrons. The van der Waals surface area contributed by atoms with Crippen molar-refractivity contribution in [2.45, 2.75) is 36.9 Å². The first-order valence-corrected chi connectivity index (χ1v) is 11.6. The van der Waals surface area contributed by atoms with Crippen molar-refractivity contribution in [1.29, 1.82) is 0 Å². The minimum Gasteiger partial charge on any atom is -0.394 e. The van der Waals surface area contributed by atoms with Crippen LogP contribution in [0.3, 0.4) is 0 Å². The first-order valence-electron chi connectivity index (χ1n) is 10.4. The van der Waals surface area contributed by atoms with Crippen molar-refractivity contribution in [3.8, 4) is 0 Å². The van der Waals surface area contributed by atoms with E-state index in [-0.39, 0.29) is 0 Å². The fourth-order valence-corrected chi connectivity index (χ4v) is 5.72. The molecule has 5 rings (SSSR count). The largest absolute Gasteiger partial charge is 0.394 e. The summed E-state index contributed by atoms with van der Waals surface area (Å²) in [6.07, 6.45) is -5.26. The third kappa shape index (κ3) is 3.93. The molecule has 4 aromatic rings. The molecular weight excluding hydrogens is 448 g/mol. The maximum absolute atomic E-state index is 10.7. The third-order valence-electron chi connectivity index (χ3n) is 6.06. The Morgan fingerprint density at radius 3 is 2.50 bits per heavy atom. The summed E-state index contributed by atoms with van der Waals surface area (Å²) in [7, 11) is 0. The van der Waals surface area contributed by atoms with E-state index in [4.69, 9.17) is 16.3 Å². The summed E-state index contributed by atoms with van der Waals surface area (Å²) in [5.74, 6) is 0. The number of halogens is 1. The number of aliphatic hydroxyl groups excluding tert-OH is 4. The fourth-order valence-electron chi connectivity index (χ4n) is 4.46. The monoisotopic (exact) mass is 470 g/mol. The molecule has 0 amide bonds. The molecule has 0 bridgehead atoms. The quantitative estimate of drug-likeness (QED) is 0.364. The van der Waals surface area contributed by atoms with Gasteiger partial charge in [-0.2, -0.15) is 0 Å². The number of ether oxygens (including phenoxy) is 1. The molecule has 5 atom stereocenters. The number of aliphatic hydroxyl groups is 4. The van der Waals surface area contributed by atoms with Crippen molar-refractivity contribution in [2.75, 3.05) is 6.61 Å². The van der Waals surface area contributed by atoms with E-state index >= 15 is 0 Å². The minimum atomic E-state index is -1.42. The summed E-state index contributed by atoms with van der Waals surface area (Å²) >= 11 is 7.84. The predicted octanol–water partition coefficient (Wildman–Crippen LogP) is 3.81. The van der Waals surface area contributed by atoms with E-state index in [1.807, 2.05) is 48.5 Å². The van der Waals surface area contributed by atoms with Crippen LogP contribution in [0.5, 0.6) is 0 Å². The lowest BCUT2D eigenvalue weighted by molar-refractivity contribution is -0.231. The van der Waals surface area contributed by atoms with Crippen molar-refractivity contribution in [3.63, 3.8) is 0 Å². The Kier molecular flexibility index (Phi) is 5.94. The molecule has 3 aromatic carbocycles. The summed E-state index contributed by atoms with van der Waals surface area (Å²) in [5, 5.41) is 44.5. The van der Waals surface area contributed by atoms with E-state index in [1.165, 1.54) is 9.58 Å². The van der Waals surface area contributed by atoms with Crippen LogP contribution in [0.2, 0.25) is 5.02 Å². The standard InChI is InChI=1S/C25H23ClO5S/c26-16-5-6-21-15(10-16)11-17(32-21)8-13-7-14-3-1-2-4-18(14)19(9-13)25-24(30)23(29)22(28)20(12-27)31-25/h1-7,9-11,20,22-25,27-30H,8,12H2/t20-,22-,23+,24-,25+/m1/s1. The van der Waals surface area contributed by atoms with Crippen LogP contribution in [-0.2, 0) is 11.2 Å². The second-order valence-corrected chi connectivity index (χ2v) is 9.83. The van der Waals surface area contributed by atoms with Crippen LogP contribution >= 0.6 is 22.9 Å². The molecule has 166 valence electrons. The highest BCUT2D eigenvalue weighted by molar-refractivity contribution is 7.19. The van der Waals surface area contributed by atoms with Gasteiger partial charge in [-0.3, -0.25) is 0 Å². The number of benzene rings is 3. The van der Waals surface area contributed by atoms with Gasteiger partial charge < -0.3 is 25.2 Å². The van der Waals surface area contributed by atoms with Crippen molar-refractivity contribution >= 4 is 43.8 Å². The predicted molar refractivity (Wildman–Crippen MR) is 126 cm³/mol. The second-order valence-electron chi connectivity index (χ2n) is 8.23. The average molecular weight is 471 g/mol. The van der Waals surface area contributed by atoms with E-state index in [1.54, 1.807) is 11.3 Å². The van der Waals surface area contributed by atoms with Crippen LogP contribution in [0.4, 0.5) is 0 Å². The van der Waals surface area contributed by atoms with Crippen molar-refractivity contribution in [1.82, 2.24) is 0 Å². The van der Waals surface area contributed by atoms with Crippen LogP contribution in [0.1, 0.15) is 22.1 Å². The van der Waals surface area contributed by atoms with E-state index in [2.05, 4.69) is 12.1 Å². The van der Waals surface area contributed by atoms with Gasteiger partial charge in [-0.05, 0) is 51.6 Å². The number of hydrogen-bond donors (Lipinski definition) is 4. The van der Waals surface area contributed by atoms with Crippen LogP contribution < -0.4 is 0 Å². The minimum absolute atomic E-state index is 0.455. The molecule has 0 spiro atoms. The molecule has 1 aromatic heterocycles. The average Bonchev–Trinajstić information content (AvgIpc) is 3.18. The van der Waals surface area contributed by atoms with Gasteiger partial charge in [0.2, 0.25) is 0 Å². The SMILES string of the molecule is OC[C@H]1O[C@@H](c2cc(Cc3cc4cc(Cl)ccc4s3)cc3ccccc23)[C@H](O)[C@@H](O)[C@@H]1O. The molecule has 0 aliphatic carbocycles. The molecule has 7 heteroatoms. The summed E-state index contributed by atoms with van der Waals surface area (Å²) < 4.78 is 7.04. The number of rotatable bonds is 4.